The highest BCUT2D eigenvalue weighted by molar-refractivity contribution is 5.98. The molecule has 3 rings (SSSR count). The van der Waals surface area contributed by atoms with E-state index in [0.29, 0.717) is 36.5 Å². The standard InChI is InChI=1S/C19H27N5O3/c1-4-23(10-14-7-8-27-11-14)17(25)6-5-15-12(2)22-19-16(18(20)26)9-21-24(19)13(15)3/h9,14H,4-8,10-11H2,1-3H3,(H2,20,26). The Balaban J connectivity index is 1.74. The van der Waals surface area contributed by atoms with Gasteiger partial charge in [0, 0.05) is 43.4 Å². The van der Waals surface area contributed by atoms with Crippen molar-refractivity contribution in [3.8, 4) is 0 Å². The molecule has 2 aromatic rings. The summed E-state index contributed by atoms with van der Waals surface area (Å²) in [5, 5.41) is 4.23. The highest BCUT2D eigenvalue weighted by atomic mass is 16.5. The van der Waals surface area contributed by atoms with E-state index < -0.39 is 5.91 Å². The second-order valence-electron chi connectivity index (χ2n) is 7.08. The third-order valence-electron chi connectivity index (χ3n) is 5.30. The van der Waals surface area contributed by atoms with Crippen molar-refractivity contribution >= 4 is 17.5 Å². The van der Waals surface area contributed by atoms with Crippen molar-refractivity contribution in [2.75, 3.05) is 26.3 Å². The molecule has 146 valence electrons. The van der Waals surface area contributed by atoms with Gasteiger partial charge in [-0.25, -0.2) is 9.50 Å². The number of amides is 2. The predicted octanol–water partition coefficient (Wildman–Crippen LogP) is 1.26. The van der Waals surface area contributed by atoms with Crippen LogP contribution in [0.3, 0.4) is 0 Å². The summed E-state index contributed by atoms with van der Waals surface area (Å²) >= 11 is 0. The lowest BCUT2D eigenvalue weighted by atomic mass is 10.0. The topological polar surface area (TPSA) is 103 Å². The molecule has 1 saturated heterocycles. The van der Waals surface area contributed by atoms with E-state index in [4.69, 9.17) is 10.5 Å². The molecule has 0 spiro atoms. The van der Waals surface area contributed by atoms with Crippen LogP contribution < -0.4 is 5.73 Å². The molecule has 8 heteroatoms. The van der Waals surface area contributed by atoms with Crippen molar-refractivity contribution in [2.24, 2.45) is 11.7 Å². The fourth-order valence-corrected chi connectivity index (χ4v) is 3.68. The van der Waals surface area contributed by atoms with Crippen LogP contribution in [0.2, 0.25) is 0 Å². The number of ether oxygens (including phenoxy) is 1. The van der Waals surface area contributed by atoms with Crippen LogP contribution in [0.4, 0.5) is 0 Å². The minimum Gasteiger partial charge on any atom is -0.381 e. The Morgan fingerprint density at radius 2 is 2.19 bits per heavy atom. The molecular formula is C19H27N5O3. The molecule has 3 heterocycles. The van der Waals surface area contributed by atoms with Crippen molar-refractivity contribution < 1.29 is 14.3 Å². The molecule has 2 aromatic heterocycles. The maximum atomic E-state index is 12.7. The molecule has 0 radical (unpaired) electrons. The number of aryl methyl sites for hydroxylation is 2. The van der Waals surface area contributed by atoms with Crippen LogP contribution in [0.1, 0.15) is 47.1 Å². The highest BCUT2D eigenvalue weighted by Gasteiger charge is 2.22. The zero-order valence-corrected chi connectivity index (χ0v) is 16.2. The van der Waals surface area contributed by atoms with E-state index in [2.05, 4.69) is 10.1 Å². The smallest absolute Gasteiger partial charge is 0.254 e. The molecule has 2 amide bonds. The zero-order valence-electron chi connectivity index (χ0n) is 16.2. The SMILES string of the molecule is CCN(CC1CCOC1)C(=O)CCc1c(C)nc2c(C(N)=O)cnn2c1C. The lowest BCUT2D eigenvalue weighted by Crippen LogP contribution is -2.35. The number of carbonyl (C=O) groups excluding carboxylic acids is 2. The van der Waals surface area contributed by atoms with Crippen LogP contribution in [-0.4, -0.2) is 57.6 Å². The van der Waals surface area contributed by atoms with Gasteiger partial charge in [-0.3, -0.25) is 9.59 Å². The number of carbonyl (C=O) groups is 2. The molecule has 0 bridgehead atoms. The van der Waals surface area contributed by atoms with Crippen molar-refractivity contribution in [1.82, 2.24) is 19.5 Å². The molecule has 1 aliphatic heterocycles. The molecule has 8 nitrogen and oxygen atoms in total. The summed E-state index contributed by atoms with van der Waals surface area (Å²) in [5.41, 5.74) is 8.81. The van der Waals surface area contributed by atoms with Gasteiger partial charge in [0.25, 0.3) is 5.91 Å². The summed E-state index contributed by atoms with van der Waals surface area (Å²) in [5.74, 6) is 0.0296. The van der Waals surface area contributed by atoms with Gasteiger partial charge in [0.05, 0.1) is 12.8 Å². The monoisotopic (exact) mass is 373 g/mol. The largest absolute Gasteiger partial charge is 0.381 e. The molecule has 1 fully saturated rings. The van der Waals surface area contributed by atoms with Crippen molar-refractivity contribution in [3.63, 3.8) is 0 Å². The van der Waals surface area contributed by atoms with E-state index in [1.54, 1.807) is 4.52 Å². The van der Waals surface area contributed by atoms with Gasteiger partial charge in [0.2, 0.25) is 5.91 Å². The maximum absolute atomic E-state index is 12.7. The number of hydrogen-bond donors (Lipinski definition) is 1. The van der Waals surface area contributed by atoms with E-state index in [-0.39, 0.29) is 5.91 Å². The molecule has 0 saturated carbocycles. The molecule has 1 unspecified atom stereocenters. The first kappa shape index (κ1) is 19.3. The van der Waals surface area contributed by atoms with Gasteiger partial charge >= 0.3 is 0 Å². The first-order valence-electron chi connectivity index (χ1n) is 9.41. The Labute approximate surface area is 158 Å². The number of aromatic nitrogens is 3. The quantitative estimate of drug-likeness (QED) is 0.787. The number of primary amides is 1. The minimum atomic E-state index is -0.547. The van der Waals surface area contributed by atoms with Crippen LogP contribution in [0.25, 0.3) is 5.65 Å². The average molecular weight is 373 g/mol. The Hall–Kier alpha value is -2.48. The Kier molecular flexibility index (Phi) is 5.74. The normalized spacial score (nSPS) is 16.8. The Morgan fingerprint density at radius 3 is 2.81 bits per heavy atom. The summed E-state index contributed by atoms with van der Waals surface area (Å²) in [6, 6.07) is 0. The van der Waals surface area contributed by atoms with E-state index >= 15 is 0 Å². The van der Waals surface area contributed by atoms with Gasteiger partial charge in [-0.1, -0.05) is 0 Å². The third kappa shape index (κ3) is 3.95. The molecule has 1 atom stereocenters. The first-order chi connectivity index (χ1) is 12.9. The fourth-order valence-electron chi connectivity index (χ4n) is 3.68. The number of nitrogens with zero attached hydrogens (tertiary/aromatic N) is 4. The predicted molar refractivity (Wildman–Crippen MR) is 100 cm³/mol. The number of hydrogen-bond acceptors (Lipinski definition) is 5. The van der Waals surface area contributed by atoms with Crippen LogP contribution >= 0.6 is 0 Å². The third-order valence-corrected chi connectivity index (χ3v) is 5.30. The van der Waals surface area contributed by atoms with Gasteiger partial charge < -0.3 is 15.4 Å². The molecule has 2 N–H and O–H groups in total. The lowest BCUT2D eigenvalue weighted by Gasteiger charge is -2.24. The highest BCUT2D eigenvalue weighted by Crippen LogP contribution is 2.19. The van der Waals surface area contributed by atoms with Gasteiger partial charge in [-0.15, -0.1) is 0 Å². The van der Waals surface area contributed by atoms with Crippen LogP contribution in [0.15, 0.2) is 6.20 Å². The first-order valence-corrected chi connectivity index (χ1v) is 9.41. The second-order valence-corrected chi connectivity index (χ2v) is 7.08. The minimum absolute atomic E-state index is 0.140. The Bertz CT molecular complexity index is 855. The van der Waals surface area contributed by atoms with Gasteiger partial charge in [-0.2, -0.15) is 5.10 Å². The van der Waals surface area contributed by atoms with Crippen LogP contribution in [0, 0.1) is 19.8 Å². The summed E-state index contributed by atoms with van der Waals surface area (Å²) in [6.07, 6.45) is 3.46. The van der Waals surface area contributed by atoms with Gasteiger partial charge in [0.15, 0.2) is 5.65 Å². The average Bonchev–Trinajstić information content (AvgIpc) is 3.28. The van der Waals surface area contributed by atoms with Gasteiger partial charge in [0.1, 0.15) is 5.56 Å². The number of fused-ring (bicyclic) bond motifs is 1. The molecular weight excluding hydrogens is 346 g/mol. The van der Waals surface area contributed by atoms with Crippen molar-refractivity contribution in [2.45, 2.75) is 40.0 Å². The molecule has 27 heavy (non-hydrogen) atoms. The summed E-state index contributed by atoms with van der Waals surface area (Å²) in [4.78, 5) is 30.6. The van der Waals surface area contributed by atoms with E-state index in [1.807, 2.05) is 25.7 Å². The van der Waals surface area contributed by atoms with E-state index in [9.17, 15) is 9.59 Å². The molecule has 0 aliphatic carbocycles. The van der Waals surface area contributed by atoms with E-state index in [1.165, 1.54) is 6.20 Å². The van der Waals surface area contributed by atoms with Crippen LogP contribution in [0.5, 0.6) is 0 Å². The summed E-state index contributed by atoms with van der Waals surface area (Å²) in [7, 11) is 0. The van der Waals surface area contributed by atoms with E-state index in [0.717, 1.165) is 43.1 Å². The zero-order chi connectivity index (χ0) is 19.6. The lowest BCUT2D eigenvalue weighted by molar-refractivity contribution is -0.131. The molecule has 0 aromatic carbocycles. The maximum Gasteiger partial charge on any atom is 0.254 e. The van der Waals surface area contributed by atoms with Gasteiger partial charge in [-0.05, 0) is 39.2 Å². The summed E-state index contributed by atoms with van der Waals surface area (Å²) in [6.45, 7) is 8.80. The number of rotatable bonds is 7. The van der Waals surface area contributed by atoms with Crippen molar-refractivity contribution in [1.29, 1.82) is 0 Å². The second kappa shape index (κ2) is 8.04. The van der Waals surface area contributed by atoms with Crippen molar-refractivity contribution in [3.05, 3.63) is 28.7 Å². The molecule has 1 aliphatic rings. The Morgan fingerprint density at radius 1 is 1.41 bits per heavy atom. The van der Waals surface area contributed by atoms with Crippen LogP contribution in [-0.2, 0) is 16.0 Å². The summed E-state index contributed by atoms with van der Waals surface area (Å²) < 4.78 is 7.04. The fraction of sp³-hybridized carbons (Fsp3) is 0.579. The number of nitrogens with two attached hydrogens (primary N) is 1.